The van der Waals surface area contributed by atoms with Crippen LogP contribution in [0.15, 0.2) is 23.1 Å². The summed E-state index contributed by atoms with van der Waals surface area (Å²) in [5.41, 5.74) is 5.42. The van der Waals surface area contributed by atoms with Gasteiger partial charge in [0, 0.05) is 31.6 Å². The summed E-state index contributed by atoms with van der Waals surface area (Å²) in [5, 5.41) is 17.1. The number of hydrogen-bond acceptors (Lipinski definition) is 5. The third kappa shape index (κ3) is 3.92. The van der Waals surface area contributed by atoms with Gasteiger partial charge in [-0.2, -0.15) is 14.8 Å². The Bertz CT molecular complexity index is 623. The fourth-order valence-electron chi connectivity index (χ4n) is 1.58. The summed E-state index contributed by atoms with van der Waals surface area (Å²) in [7, 11) is -3.98. The van der Waals surface area contributed by atoms with Crippen molar-refractivity contribution >= 4 is 15.7 Å². The molecule has 0 heterocycles. The Kier molecular flexibility index (Phi) is 5.44. The van der Waals surface area contributed by atoms with E-state index in [1.54, 1.807) is 0 Å². The zero-order valence-electron chi connectivity index (χ0n) is 10.6. The lowest BCUT2D eigenvalue weighted by atomic mass is 10.3. The predicted octanol–water partition coefficient (Wildman–Crippen LogP) is 1.23. The summed E-state index contributed by atoms with van der Waals surface area (Å²) in [6, 6.07) is 6.68. The van der Waals surface area contributed by atoms with E-state index in [1.807, 2.05) is 12.1 Å². The Hall–Kier alpha value is -2.16. The van der Waals surface area contributed by atoms with Crippen molar-refractivity contribution in [1.29, 1.82) is 10.5 Å². The minimum Gasteiger partial charge on any atom is -0.399 e. The number of rotatable bonds is 6. The molecule has 106 valence electrons. The normalized spacial score (nSPS) is 11.0. The van der Waals surface area contributed by atoms with Crippen molar-refractivity contribution in [2.24, 2.45) is 0 Å². The first kappa shape index (κ1) is 15.9. The van der Waals surface area contributed by atoms with Crippen LogP contribution >= 0.6 is 0 Å². The van der Waals surface area contributed by atoms with Gasteiger partial charge in [0.25, 0.3) is 0 Å². The summed E-state index contributed by atoms with van der Waals surface area (Å²) < 4.78 is 38.9. The number of nitriles is 2. The molecular formula is C12H13FN4O2S. The summed E-state index contributed by atoms with van der Waals surface area (Å²) in [6.45, 7) is -0.117. The molecule has 0 fully saturated rings. The van der Waals surface area contributed by atoms with Crippen molar-refractivity contribution in [3.8, 4) is 12.1 Å². The maximum Gasteiger partial charge on any atom is 0.243 e. The predicted molar refractivity (Wildman–Crippen MR) is 70.0 cm³/mol. The number of benzene rings is 1. The van der Waals surface area contributed by atoms with Crippen LogP contribution in [0, 0.1) is 28.5 Å². The average molecular weight is 296 g/mol. The molecule has 0 saturated carbocycles. The minimum absolute atomic E-state index is 0.0101. The summed E-state index contributed by atoms with van der Waals surface area (Å²) in [6.07, 6.45) is -0.0368. The monoisotopic (exact) mass is 296 g/mol. The molecular weight excluding hydrogens is 283 g/mol. The van der Waals surface area contributed by atoms with Crippen LogP contribution in [0.5, 0.6) is 0 Å². The standard InChI is InChI=1S/C12H13FN4O2S/c13-10-7-11(16)9-12(8-10)20(18,19)17(5-1-3-14)6-2-4-15/h7-9H,1-2,5-6,16H2. The first-order valence-electron chi connectivity index (χ1n) is 5.72. The lowest BCUT2D eigenvalue weighted by molar-refractivity contribution is 0.424. The maximum absolute atomic E-state index is 13.3. The van der Waals surface area contributed by atoms with Crippen LogP contribution in [0.1, 0.15) is 12.8 Å². The van der Waals surface area contributed by atoms with Crippen LogP contribution < -0.4 is 5.73 Å². The quantitative estimate of drug-likeness (QED) is 0.793. The molecule has 0 aromatic heterocycles. The first-order valence-corrected chi connectivity index (χ1v) is 7.16. The molecule has 0 aliphatic carbocycles. The van der Waals surface area contributed by atoms with Crippen LogP contribution in [0.4, 0.5) is 10.1 Å². The summed E-state index contributed by atoms with van der Waals surface area (Å²) >= 11 is 0. The van der Waals surface area contributed by atoms with Crippen molar-refractivity contribution in [3.63, 3.8) is 0 Å². The molecule has 1 aromatic rings. The Balaban J connectivity index is 3.14. The van der Waals surface area contributed by atoms with Crippen LogP contribution in [0.3, 0.4) is 0 Å². The van der Waals surface area contributed by atoms with E-state index in [-0.39, 0.29) is 36.5 Å². The highest BCUT2D eigenvalue weighted by Gasteiger charge is 2.24. The second-order valence-electron chi connectivity index (χ2n) is 3.94. The summed E-state index contributed by atoms with van der Waals surface area (Å²) in [5.74, 6) is -0.760. The van der Waals surface area contributed by atoms with Crippen molar-refractivity contribution in [1.82, 2.24) is 4.31 Å². The molecule has 20 heavy (non-hydrogen) atoms. The fraction of sp³-hybridized carbons (Fsp3) is 0.333. The molecule has 0 aliphatic heterocycles. The molecule has 0 bridgehead atoms. The van der Waals surface area contributed by atoms with E-state index in [9.17, 15) is 12.8 Å². The van der Waals surface area contributed by atoms with E-state index >= 15 is 0 Å². The Morgan fingerprint density at radius 3 is 2.15 bits per heavy atom. The zero-order valence-corrected chi connectivity index (χ0v) is 11.4. The number of hydrogen-bond donors (Lipinski definition) is 1. The Morgan fingerprint density at radius 1 is 1.15 bits per heavy atom. The molecule has 0 spiro atoms. The second-order valence-corrected chi connectivity index (χ2v) is 5.88. The number of sulfonamides is 1. The highest BCUT2D eigenvalue weighted by atomic mass is 32.2. The minimum atomic E-state index is -3.98. The molecule has 0 atom stereocenters. The molecule has 2 N–H and O–H groups in total. The van der Waals surface area contributed by atoms with Gasteiger partial charge >= 0.3 is 0 Å². The molecule has 0 unspecified atom stereocenters. The highest BCUT2D eigenvalue weighted by molar-refractivity contribution is 7.89. The van der Waals surface area contributed by atoms with Gasteiger partial charge in [-0.3, -0.25) is 0 Å². The van der Waals surface area contributed by atoms with Crippen LogP contribution in [-0.4, -0.2) is 25.8 Å². The van der Waals surface area contributed by atoms with Gasteiger partial charge in [0.2, 0.25) is 10.0 Å². The number of halogens is 1. The molecule has 1 rings (SSSR count). The van der Waals surface area contributed by atoms with Crippen molar-refractivity contribution in [2.75, 3.05) is 18.8 Å². The smallest absolute Gasteiger partial charge is 0.243 e. The molecule has 1 aromatic carbocycles. The van der Waals surface area contributed by atoms with Crippen molar-refractivity contribution in [3.05, 3.63) is 24.0 Å². The SMILES string of the molecule is N#CCCN(CCC#N)S(=O)(=O)c1cc(N)cc(F)c1. The van der Waals surface area contributed by atoms with E-state index in [2.05, 4.69) is 0 Å². The summed E-state index contributed by atoms with van der Waals surface area (Å²) in [4.78, 5) is -0.286. The highest BCUT2D eigenvalue weighted by Crippen LogP contribution is 2.20. The van der Waals surface area contributed by atoms with Gasteiger partial charge in [0.05, 0.1) is 17.0 Å². The lowest BCUT2D eigenvalue weighted by Gasteiger charge is -2.20. The van der Waals surface area contributed by atoms with Crippen molar-refractivity contribution < 1.29 is 12.8 Å². The Labute approximate surface area is 116 Å². The van der Waals surface area contributed by atoms with Gasteiger partial charge in [-0.1, -0.05) is 0 Å². The molecule has 8 heteroatoms. The van der Waals surface area contributed by atoms with Gasteiger partial charge in [0.1, 0.15) is 5.82 Å². The van der Waals surface area contributed by atoms with E-state index in [0.29, 0.717) is 0 Å². The third-order valence-electron chi connectivity index (χ3n) is 2.48. The van der Waals surface area contributed by atoms with E-state index in [4.69, 9.17) is 16.3 Å². The number of nitrogen functional groups attached to an aromatic ring is 1. The number of anilines is 1. The van der Waals surface area contributed by atoms with Crippen LogP contribution in [0.25, 0.3) is 0 Å². The molecule has 0 radical (unpaired) electrons. The van der Waals surface area contributed by atoms with Crippen LogP contribution in [0.2, 0.25) is 0 Å². The first-order chi connectivity index (χ1) is 9.41. The zero-order chi connectivity index (χ0) is 15.2. The molecule has 0 aliphatic rings. The largest absolute Gasteiger partial charge is 0.399 e. The molecule has 6 nitrogen and oxygen atoms in total. The van der Waals surface area contributed by atoms with Gasteiger partial charge < -0.3 is 5.73 Å². The second kappa shape index (κ2) is 6.85. The number of nitrogens with zero attached hydrogens (tertiary/aromatic N) is 3. The van der Waals surface area contributed by atoms with E-state index in [1.165, 1.54) is 0 Å². The average Bonchev–Trinajstić information content (AvgIpc) is 2.37. The maximum atomic E-state index is 13.3. The van der Waals surface area contributed by atoms with Gasteiger partial charge in [-0.05, 0) is 18.2 Å². The topological polar surface area (TPSA) is 111 Å². The van der Waals surface area contributed by atoms with Gasteiger partial charge in [-0.15, -0.1) is 0 Å². The molecule has 0 amide bonds. The van der Waals surface area contributed by atoms with Crippen molar-refractivity contribution in [2.45, 2.75) is 17.7 Å². The lowest BCUT2D eigenvalue weighted by Crippen LogP contribution is -2.33. The van der Waals surface area contributed by atoms with Gasteiger partial charge in [0.15, 0.2) is 0 Å². The van der Waals surface area contributed by atoms with Crippen LogP contribution in [-0.2, 0) is 10.0 Å². The Morgan fingerprint density at radius 2 is 1.70 bits per heavy atom. The van der Waals surface area contributed by atoms with E-state index < -0.39 is 15.8 Å². The number of nitrogens with two attached hydrogens (primary N) is 1. The molecule has 0 saturated heterocycles. The fourth-order valence-corrected chi connectivity index (χ4v) is 3.09. The van der Waals surface area contributed by atoms with Gasteiger partial charge in [-0.25, -0.2) is 12.8 Å². The van der Waals surface area contributed by atoms with E-state index in [0.717, 1.165) is 22.5 Å². The third-order valence-corrected chi connectivity index (χ3v) is 4.35.